The monoisotopic (exact) mass is 351 g/mol. The number of hydrogen-bond donors (Lipinski definition) is 0. The van der Waals surface area contributed by atoms with Crippen LogP contribution in [0.15, 0.2) is 54.9 Å². The molecule has 3 rings (SSSR count). The molecule has 0 spiro atoms. The summed E-state index contributed by atoms with van der Waals surface area (Å²) < 4.78 is 25.8. The SMILES string of the molecule is N#Cc1ccc(-c2ccc([C@H]3CC[C@H](CC/C=C/F)CC3)cc2)cc1F. The Bertz CT molecular complexity index is 794. The highest BCUT2D eigenvalue weighted by Gasteiger charge is 2.21. The lowest BCUT2D eigenvalue weighted by atomic mass is 9.77. The topological polar surface area (TPSA) is 23.8 Å². The summed E-state index contributed by atoms with van der Waals surface area (Å²) in [5.74, 6) is 0.813. The summed E-state index contributed by atoms with van der Waals surface area (Å²) in [7, 11) is 0. The van der Waals surface area contributed by atoms with Gasteiger partial charge in [-0.25, -0.2) is 8.78 Å². The van der Waals surface area contributed by atoms with Crippen LogP contribution in [-0.4, -0.2) is 0 Å². The van der Waals surface area contributed by atoms with Gasteiger partial charge in [-0.2, -0.15) is 5.26 Å². The van der Waals surface area contributed by atoms with Gasteiger partial charge in [0.1, 0.15) is 11.9 Å². The van der Waals surface area contributed by atoms with Crippen LogP contribution in [0, 0.1) is 23.1 Å². The van der Waals surface area contributed by atoms with Crippen molar-refractivity contribution in [3.8, 4) is 17.2 Å². The van der Waals surface area contributed by atoms with Gasteiger partial charge in [-0.1, -0.05) is 36.4 Å². The Morgan fingerprint density at radius 3 is 2.31 bits per heavy atom. The molecule has 0 saturated heterocycles. The van der Waals surface area contributed by atoms with E-state index >= 15 is 0 Å². The number of benzene rings is 2. The molecule has 0 atom stereocenters. The summed E-state index contributed by atoms with van der Waals surface area (Å²) in [6.45, 7) is 0. The van der Waals surface area contributed by atoms with E-state index in [2.05, 4.69) is 12.1 Å². The first kappa shape index (κ1) is 18.3. The van der Waals surface area contributed by atoms with Crippen LogP contribution in [0.5, 0.6) is 0 Å². The number of nitriles is 1. The predicted octanol–water partition coefficient (Wildman–Crippen LogP) is 6.90. The van der Waals surface area contributed by atoms with Gasteiger partial charge in [0, 0.05) is 0 Å². The number of halogens is 2. The molecule has 0 amide bonds. The number of nitrogens with zero attached hydrogens (tertiary/aromatic N) is 1. The maximum atomic E-state index is 13.8. The van der Waals surface area contributed by atoms with Gasteiger partial charge < -0.3 is 0 Å². The zero-order valence-electron chi connectivity index (χ0n) is 14.8. The lowest BCUT2D eigenvalue weighted by molar-refractivity contribution is 0.311. The molecule has 0 aliphatic heterocycles. The molecule has 134 valence electrons. The molecule has 0 heterocycles. The second-order valence-corrected chi connectivity index (χ2v) is 7.09. The van der Waals surface area contributed by atoms with Gasteiger partial charge in [-0.05, 0) is 79.2 Å². The largest absolute Gasteiger partial charge is 0.216 e. The smallest absolute Gasteiger partial charge is 0.141 e. The van der Waals surface area contributed by atoms with E-state index in [4.69, 9.17) is 5.26 Å². The lowest BCUT2D eigenvalue weighted by Crippen LogP contribution is -2.13. The average Bonchev–Trinajstić information content (AvgIpc) is 2.69. The molecule has 26 heavy (non-hydrogen) atoms. The predicted molar refractivity (Wildman–Crippen MR) is 101 cm³/mol. The zero-order valence-corrected chi connectivity index (χ0v) is 14.8. The van der Waals surface area contributed by atoms with Crippen LogP contribution in [-0.2, 0) is 0 Å². The summed E-state index contributed by atoms with van der Waals surface area (Å²) in [6, 6.07) is 14.9. The first-order chi connectivity index (χ1) is 12.7. The summed E-state index contributed by atoms with van der Waals surface area (Å²) >= 11 is 0. The molecule has 1 fully saturated rings. The molecule has 1 saturated carbocycles. The third-order valence-electron chi connectivity index (χ3n) is 5.48. The van der Waals surface area contributed by atoms with Crippen LogP contribution in [0.25, 0.3) is 11.1 Å². The molecule has 2 aromatic carbocycles. The number of rotatable bonds is 5. The number of hydrogen-bond acceptors (Lipinski definition) is 1. The van der Waals surface area contributed by atoms with E-state index in [1.165, 1.54) is 43.4 Å². The minimum atomic E-state index is -0.477. The Balaban J connectivity index is 1.62. The maximum Gasteiger partial charge on any atom is 0.141 e. The minimum Gasteiger partial charge on any atom is -0.216 e. The third-order valence-corrected chi connectivity index (χ3v) is 5.48. The Hall–Kier alpha value is -2.47. The first-order valence-corrected chi connectivity index (χ1v) is 9.26. The van der Waals surface area contributed by atoms with E-state index in [1.807, 2.05) is 18.2 Å². The van der Waals surface area contributed by atoms with E-state index in [0.717, 1.165) is 24.0 Å². The molecule has 0 bridgehead atoms. The normalized spacial score (nSPS) is 20.2. The van der Waals surface area contributed by atoms with Crippen LogP contribution in [0.2, 0.25) is 0 Å². The minimum absolute atomic E-state index is 0.0733. The lowest BCUT2D eigenvalue weighted by Gasteiger charge is -2.28. The molecule has 1 aliphatic rings. The fraction of sp³-hybridized carbons (Fsp3) is 0.348. The second kappa shape index (κ2) is 8.76. The molecule has 1 nitrogen and oxygen atoms in total. The van der Waals surface area contributed by atoms with Crippen LogP contribution in [0.3, 0.4) is 0 Å². The Kier molecular flexibility index (Phi) is 6.17. The van der Waals surface area contributed by atoms with Crippen molar-refractivity contribution >= 4 is 0 Å². The highest BCUT2D eigenvalue weighted by Crippen LogP contribution is 2.38. The van der Waals surface area contributed by atoms with Crippen molar-refractivity contribution in [1.82, 2.24) is 0 Å². The molecular formula is C23H23F2N. The Morgan fingerprint density at radius 2 is 1.69 bits per heavy atom. The van der Waals surface area contributed by atoms with Crippen LogP contribution >= 0.6 is 0 Å². The van der Waals surface area contributed by atoms with Gasteiger partial charge >= 0.3 is 0 Å². The summed E-state index contributed by atoms with van der Waals surface area (Å²) in [5.41, 5.74) is 3.16. The van der Waals surface area contributed by atoms with E-state index in [0.29, 0.717) is 18.2 Å². The summed E-state index contributed by atoms with van der Waals surface area (Å²) in [4.78, 5) is 0. The van der Waals surface area contributed by atoms with Crippen molar-refractivity contribution in [3.05, 3.63) is 71.8 Å². The number of allylic oxidation sites excluding steroid dienone is 1. The van der Waals surface area contributed by atoms with Crippen LogP contribution in [0.1, 0.15) is 55.6 Å². The van der Waals surface area contributed by atoms with Gasteiger partial charge in [0.15, 0.2) is 0 Å². The van der Waals surface area contributed by atoms with Crippen molar-refractivity contribution < 1.29 is 8.78 Å². The van der Waals surface area contributed by atoms with E-state index in [9.17, 15) is 8.78 Å². The average molecular weight is 351 g/mol. The molecule has 0 unspecified atom stereocenters. The van der Waals surface area contributed by atoms with Crippen molar-refractivity contribution in [2.45, 2.75) is 44.4 Å². The highest BCUT2D eigenvalue weighted by molar-refractivity contribution is 5.64. The first-order valence-electron chi connectivity index (χ1n) is 9.26. The van der Waals surface area contributed by atoms with E-state index in [-0.39, 0.29) is 5.56 Å². The third kappa shape index (κ3) is 4.38. The second-order valence-electron chi connectivity index (χ2n) is 7.09. The van der Waals surface area contributed by atoms with Crippen molar-refractivity contribution in [1.29, 1.82) is 5.26 Å². The summed E-state index contributed by atoms with van der Waals surface area (Å²) in [5, 5.41) is 8.83. The molecule has 2 aromatic rings. The quantitative estimate of drug-likeness (QED) is 0.574. The van der Waals surface area contributed by atoms with E-state index in [1.54, 1.807) is 12.1 Å². The molecule has 0 N–H and O–H groups in total. The Labute approximate surface area is 154 Å². The Morgan fingerprint density at radius 1 is 1.00 bits per heavy atom. The fourth-order valence-electron chi connectivity index (χ4n) is 3.91. The molecule has 3 heteroatoms. The van der Waals surface area contributed by atoms with Crippen LogP contribution < -0.4 is 0 Å². The van der Waals surface area contributed by atoms with Gasteiger partial charge in [0.25, 0.3) is 0 Å². The highest BCUT2D eigenvalue weighted by atomic mass is 19.1. The van der Waals surface area contributed by atoms with E-state index < -0.39 is 5.82 Å². The molecule has 0 aromatic heterocycles. The van der Waals surface area contributed by atoms with Gasteiger partial charge in [-0.15, -0.1) is 0 Å². The maximum absolute atomic E-state index is 13.8. The summed E-state index contributed by atoms with van der Waals surface area (Å²) in [6.07, 6.45) is 8.92. The molecule has 1 aliphatic carbocycles. The molecular weight excluding hydrogens is 328 g/mol. The van der Waals surface area contributed by atoms with Crippen LogP contribution in [0.4, 0.5) is 8.78 Å². The molecule has 0 radical (unpaired) electrons. The van der Waals surface area contributed by atoms with Crippen molar-refractivity contribution in [2.75, 3.05) is 0 Å². The standard InChI is InChI=1S/C23H23F2N/c24-14-2-1-3-17-4-6-18(7-5-17)19-8-10-20(11-9-19)21-12-13-22(16-26)23(25)15-21/h2,8-15,17-18H,1,3-7H2/b14-2+/t17-,18-. The van der Waals surface area contributed by atoms with Crippen molar-refractivity contribution in [2.24, 2.45) is 5.92 Å². The zero-order chi connectivity index (χ0) is 18.4. The van der Waals surface area contributed by atoms with Gasteiger partial charge in [-0.3, -0.25) is 0 Å². The van der Waals surface area contributed by atoms with Gasteiger partial charge in [0.2, 0.25) is 0 Å². The fourth-order valence-corrected chi connectivity index (χ4v) is 3.91. The van der Waals surface area contributed by atoms with Crippen molar-refractivity contribution in [3.63, 3.8) is 0 Å². The van der Waals surface area contributed by atoms with Gasteiger partial charge in [0.05, 0.1) is 11.9 Å².